The van der Waals surface area contributed by atoms with E-state index in [1.54, 1.807) is 36.4 Å². The Morgan fingerprint density at radius 3 is 2.38 bits per heavy atom. The molecule has 0 heterocycles. The molecule has 3 N–H and O–H groups in total. The van der Waals surface area contributed by atoms with Gasteiger partial charge in [-0.25, -0.2) is 5.43 Å². The minimum Gasteiger partial charge on any atom is -0.490 e. The molecule has 3 amide bonds. The first-order valence-corrected chi connectivity index (χ1v) is 11.7. The van der Waals surface area contributed by atoms with E-state index in [1.165, 1.54) is 6.21 Å². The van der Waals surface area contributed by atoms with Crippen LogP contribution < -0.4 is 25.5 Å². The fourth-order valence-corrected chi connectivity index (χ4v) is 3.32. The zero-order chi connectivity index (χ0) is 26.8. The summed E-state index contributed by atoms with van der Waals surface area (Å²) in [4.78, 5) is 36.5. The number of anilines is 2. The lowest BCUT2D eigenvalue weighted by Gasteiger charge is -2.13. The van der Waals surface area contributed by atoms with Crippen LogP contribution >= 0.6 is 0 Å². The number of nitrogens with zero attached hydrogens (tertiary/aromatic N) is 1. The van der Waals surface area contributed by atoms with Gasteiger partial charge in [0.1, 0.15) is 0 Å². The van der Waals surface area contributed by atoms with E-state index >= 15 is 0 Å². The number of aryl methyl sites for hydroxylation is 3. The molecule has 0 spiro atoms. The molecule has 0 atom stereocenters. The summed E-state index contributed by atoms with van der Waals surface area (Å²) in [6, 6.07) is 17.9. The molecule has 0 aromatic heterocycles. The average molecular weight is 503 g/mol. The zero-order valence-electron chi connectivity index (χ0n) is 21.3. The smallest absolute Gasteiger partial charge is 0.329 e. The summed E-state index contributed by atoms with van der Waals surface area (Å²) in [6.45, 7) is 7.76. The third kappa shape index (κ3) is 8.21. The van der Waals surface area contributed by atoms with E-state index in [9.17, 15) is 14.4 Å². The van der Waals surface area contributed by atoms with E-state index in [0.29, 0.717) is 29.4 Å². The van der Waals surface area contributed by atoms with Gasteiger partial charge in [0.05, 0.1) is 12.8 Å². The molecule has 0 aliphatic carbocycles. The Morgan fingerprint density at radius 1 is 0.838 bits per heavy atom. The molecule has 3 rings (SSSR count). The van der Waals surface area contributed by atoms with Crippen molar-refractivity contribution in [1.29, 1.82) is 0 Å². The molecule has 0 aliphatic rings. The molecular formula is C28H30N4O5. The lowest BCUT2D eigenvalue weighted by Crippen LogP contribution is -2.32. The molecule has 9 nitrogen and oxygen atoms in total. The van der Waals surface area contributed by atoms with E-state index in [2.05, 4.69) is 21.2 Å². The van der Waals surface area contributed by atoms with Crippen LogP contribution in [0.5, 0.6) is 11.5 Å². The van der Waals surface area contributed by atoms with Gasteiger partial charge < -0.3 is 20.1 Å². The topological polar surface area (TPSA) is 118 Å². The Balaban J connectivity index is 1.57. The molecule has 9 heteroatoms. The Labute approximate surface area is 215 Å². The van der Waals surface area contributed by atoms with Crippen molar-refractivity contribution in [2.24, 2.45) is 5.10 Å². The van der Waals surface area contributed by atoms with Crippen molar-refractivity contribution in [2.45, 2.75) is 27.7 Å². The number of carbonyl (C=O) groups excluding carboxylic acids is 3. The van der Waals surface area contributed by atoms with Gasteiger partial charge in [0.2, 0.25) is 0 Å². The second kappa shape index (κ2) is 12.9. The number of hydrazone groups is 1. The Bertz CT molecular complexity index is 1320. The Hall–Kier alpha value is -4.66. The number of nitrogens with one attached hydrogen (secondary N) is 3. The van der Waals surface area contributed by atoms with Crippen molar-refractivity contribution in [1.82, 2.24) is 5.43 Å². The monoisotopic (exact) mass is 502 g/mol. The molecule has 0 saturated heterocycles. The van der Waals surface area contributed by atoms with Crippen molar-refractivity contribution in [3.05, 3.63) is 82.9 Å². The van der Waals surface area contributed by atoms with Crippen LogP contribution in [0.15, 0.2) is 65.8 Å². The number of amides is 3. The molecule has 0 aliphatic heterocycles. The van der Waals surface area contributed by atoms with Gasteiger partial charge in [0.25, 0.3) is 5.91 Å². The minimum absolute atomic E-state index is 0.201. The average Bonchev–Trinajstić information content (AvgIpc) is 2.86. The maximum Gasteiger partial charge on any atom is 0.329 e. The number of benzene rings is 3. The first-order valence-electron chi connectivity index (χ1n) is 11.7. The highest BCUT2D eigenvalue weighted by atomic mass is 16.5. The van der Waals surface area contributed by atoms with Crippen molar-refractivity contribution in [2.75, 3.05) is 23.8 Å². The van der Waals surface area contributed by atoms with Crippen molar-refractivity contribution < 1.29 is 23.9 Å². The van der Waals surface area contributed by atoms with E-state index in [1.807, 2.05) is 52.0 Å². The van der Waals surface area contributed by atoms with Gasteiger partial charge in [-0.15, -0.1) is 0 Å². The summed E-state index contributed by atoms with van der Waals surface area (Å²) in [5.41, 5.74) is 7.00. The van der Waals surface area contributed by atoms with Crippen LogP contribution in [0.4, 0.5) is 11.4 Å². The van der Waals surface area contributed by atoms with Gasteiger partial charge >= 0.3 is 11.8 Å². The first kappa shape index (κ1) is 26.9. The van der Waals surface area contributed by atoms with Gasteiger partial charge in [-0.1, -0.05) is 24.3 Å². The fourth-order valence-electron chi connectivity index (χ4n) is 3.32. The molecule has 0 radical (unpaired) electrons. The second-order valence-electron chi connectivity index (χ2n) is 8.32. The summed E-state index contributed by atoms with van der Waals surface area (Å²) >= 11 is 0. The van der Waals surface area contributed by atoms with E-state index in [0.717, 1.165) is 22.4 Å². The molecular weight excluding hydrogens is 472 g/mol. The van der Waals surface area contributed by atoms with E-state index in [4.69, 9.17) is 9.47 Å². The van der Waals surface area contributed by atoms with E-state index < -0.39 is 11.8 Å². The molecule has 0 fully saturated rings. The summed E-state index contributed by atoms with van der Waals surface area (Å²) in [6.07, 6.45) is 1.37. The van der Waals surface area contributed by atoms with Crippen molar-refractivity contribution in [3.8, 4) is 11.5 Å². The van der Waals surface area contributed by atoms with Crippen LogP contribution in [0.1, 0.15) is 29.2 Å². The van der Waals surface area contributed by atoms with Gasteiger partial charge in [-0.3, -0.25) is 14.4 Å². The number of hydrogen-bond acceptors (Lipinski definition) is 6. The second-order valence-corrected chi connectivity index (χ2v) is 8.32. The molecule has 0 unspecified atom stereocenters. The van der Waals surface area contributed by atoms with Crippen molar-refractivity contribution >= 4 is 35.3 Å². The summed E-state index contributed by atoms with van der Waals surface area (Å²) in [5, 5.41) is 9.21. The van der Waals surface area contributed by atoms with Crippen LogP contribution in [0.25, 0.3) is 0 Å². The number of hydrogen-bond donors (Lipinski definition) is 3. The molecule has 3 aromatic carbocycles. The summed E-state index contributed by atoms with van der Waals surface area (Å²) in [7, 11) is 0. The quantitative estimate of drug-likeness (QED) is 0.231. The molecule has 192 valence electrons. The summed E-state index contributed by atoms with van der Waals surface area (Å²) in [5.74, 6) is -1.24. The van der Waals surface area contributed by atoms with Gasteiger partial charge in [0, 0.05) is 11.4 Å². The Morgan fingerprint density at radius 2 is 1.62 bits per heavy atom. The van der Waals surface area contributed by atoms with Gasteiger partial charge in [-0.05, 0) is 86.3 Å². The third-order valence-electron chi connectivity index (χ3n) is 5.16. The van der Waals surface area contributed by atoms with Crippen LogP contribution in [0, 0.1) is 20.8 Å². The third-order valence-corrected chi connectivity index (χ3v) is 5.16. The van der Waals surface area contributed by atoms with Crippen LogP contribution in [-0.4, -0.2) is 37.1 Å². The predicted molar refractivity (Wildman–Crippen MR) is 143 cm³/mol. The lowest BCUT2D eigenvalue weighted by molar-refractivity contribution is -0.136. The minimum atomic E-state index is -0.905. The largest absolute Gasteiger partial charge is 0.490 e. The zero-order valence-corrected chi connectivity index (χ0v) is 21.3. The molecule has 3 aromatic rings. The number of ether oxygens (including phenoxy) is 2. The maximum absolute atomic E-state index is 12.4. The van der Waals surface area contributed by atoms with Gasteiger partial charge in [0.15, 0.2) is 18.1 Å². The normalized spacial score (nSPS) is 10.6. The Kier molecular flexibility index (Phi) is 9.37. The van der Waals surface area contributed by atoms with Crippen molar-refractivity contribution in [3.63, 3.8) is 0 Å². The highest BCUT2D eigenvalue weighted by molar-refractivity contribution is 6.39. The number of rotatable bonds is 9. The van der Waals surface area contributed by atoms with Gasteiger partial charge in [-0.2, -0.15) is 5.10 Å². The molecule has 0 bridgehead atoms. The highest BCUT2D eigenvalue weighted by Gasteiger charge is 2.13. The van der Waals surface area contributed by atoms with E-state index in [-0.39, 0.29) is 12.5 Å². The maximum atomic E-state index is 12.4. The van der Waals surface area contributed by atoms with Crippen LogP contribution in [-0.2, 0) is 14.4 Å². The number of carbonyl (C=O) groups is 3. The lowest BCUT2D eigenvalue weighted by atomic mass is 10.1. The SMILES string of the molecule is CCOc1cc(/C=N\NC(=O)C(=O)Nc2cccc(C)c2)ccc1OCC(=O)Nc1cc(C)ccc1C. The van der Waals surface area contributed by atoms with Crippen LogP contribution in [0.2, 0.25) is 0 Å². The van der Waals surface area contributed by atoms with Crippen LogP contribution in [0.3, 0.4) is 0 Å². The standard InChI is InChI=1S/C28H30N4O5/c1-5-36-25-15-21(16-29-32-28(35)27(34)30-22-8-6-7-18(2)13-22)11-12-24(25)37-17-26(33)31-23-14-19(3)9-10-20(23)4/h6-16H,5,17H2,1-4H3,(H,30,34)(H,31,33)(H,32,35)/b29-16-. The fraction of sp³-hybridized carbons (Fsp3) is 0.214. The predicted octanol–water partition coefficient (Wildman–Crippen LogP) is 4.12. The highest BCUT2D eigenvalue weighted by Crippen LogP contribution is 2.28. The molecule has 37 heavy (non-hydrogen) atoms. The first-order chi connectivity index (χ1) is 17.7. The summed E-state index contributed by atoms with van der Waals surface area (Å²) < 4.78 is 11.3. The molecule has 0 saturated carbocycles.